The van der Waals surface area contributed by atoms with E-state index < -0.39 is 0 Å². The van der Waals surface area contributed by atoms with Gasteiger partial charge in [-0.2, -0.15) is 10.2 Å². The molecule has 0 fully saturated rings. The lowest BCUT2D eigenvalue weighted by molar-refractivity contribution is 0.559. The van der Waals surface area contributed by atoms with Crippen LogP contribution < -0.4 is 5.32 Å². The summed E-state index contributed by atoms with van der Waals surface area (Å²) in [7, 11) is 1.89. The Morgan fingerprint density at radius 3 is 2.60 bits per heavy atom. The third-order valence-corrected chi connectivity index (χ3v) is 3.75. The van der Waals surface area contributed by atoms with Crippen LogP contribution in [0.2, 0.25) is 0 Å². The molecule has 0 saturated heterocycles. The summed E-state index contributed by atoms with van der Waals surface area (Å²) in [5.74, 6) is 0. The number of nitrogens with one attached hydrogen (secondary N) is 1. The molecule has 6 nitrogen and oxygen atoms in total. The monoisotopic (exact) mass is 338 g/mol. The van der Waals surface area contributed by atoms with Crippen LogP contribution in [0.1, 0.15) is 42.5 Å². The number of hydrogen-bond donors (Lipinski definition) is 1. The van der Waals surface area contributed by atoms with Crippen molar-refractivity contribution in [2.45, 2.75) is 33.2 Å². The van der Waals surface area contributed by atoms with E-state index in [9.17, 15) is 0 Å². The second-order valence-electron chi connectivity index (χ2n) is 4.62. The van der Waals surface area contributed by atoms with Crippen LogP contribution in [-0.2, 0) is 13.5 Å². The molecule has 2 heterocycles. The second kappa shape index (κ2) is 6.41. The molecular weight excluding hydrogens is 320 g/mol. The summed E-state index contributed by atoms with van der Waals surface area (Å²) in [6.07, 6.45) is 0.841. The molecular formula is C13H19BrN6. The zero-order chi connectivity index (χ0) is 14.7. The van der Waals surface area contributed by atoms with Gasteiger partial charge in [0.15, 0.2) is 4.60 Å². The number of halogens is 1. The Hall–Kier alpha value is -1.34. The van der Waals surface area contributed by atoms with Crippen LogP contribution >= 0.6 is 15.9 Å². The summed E-state index contributed by atoms with van der Waals surface area (Å²) in [5, 5.41) is 20.1. The van der Waals surface area contributed by atoms with Gasteiger partial charge >= 0.3 is 0 Å². The number of rotatable bonds is 5. The fourth-order valence-electron chi connectivity index (χ4n) is 2.26. The minimum atomic E-state index is -0.00137. The Morgan fingerprint density at radius 2 is 2.05 bits per heavy atom. The molecule has 1 atom stereocenters. The smallest absolute Gasteiger partial charge is 0.153 e. The largest absolute Gasteiger partial charge is 0.305 e. The first kappa shape index (κ1) is 15.1. The Balaban J connectivity index is 2.57. The van der Waals surface area contributed by atoms with Gasteiger partial charge in [-0.1, -0.05) is 19.1 Å². The van der Waals surface area contributed by atoms with Crippen LogP contribution in [0.5, 0.6) is 0 Å². The fourth-order valence-corrected chi connectivity index (χ4v) is 2.82. The molecule has 0 aromatic carbocycles. The maximum Gasteiger partial charge on any atom is 0.153 e. The van der Waals surface area contributed by atoms with Gasteiger partial charge in [0.05, 0.1) is 23.1 Å². The maximum atomic E-state index is 4.31. The molecule has 20 heavy (non-hydrogen) atoms. The molecule has 2 aromatic heterocycles. The molecule has 2 aromatic rings. The fraction of sp³-hybridized carbons (Fsp3) is 0.538. The normalized spacial score (nSPS) is 12.7. The predicted molar refractivity (Wildman–Crippen MR) is 80.4 cm³/mol. The van der Waals surface area contributed by atoms with Crippen molar-refractivity contribution in [3.8, 4) is 0 Å². The number of aromatic nitrogens is 5. The molecule has 0 aliphatic carbocycles. The van der Waals surface area contributed by atoms with Gasteiger partial charge in [-0.25, -0.2) is 4.68 Å². The number of aryl methyl sites for hydroxylation is 3. The third kappa shape index (κ3) is 2.88. The molecule has 0 bridgehead atoms. The summed E-state index contributed by atoms with van der Waals surface area (Å²) in [4.78, 5) is 0. The molecule has 0 aliphatic rings. The first-order valence-electron chi connectivity index (χ1n) is 6.70. The minimum absolute atomic E-state index is 0.00137. The van der Waals surface area contributed by atoms with E-state index >= 15 is 0 Å². The van der Waals surface area contributed by atoms with E-state index in [1.54, 1.807) is 4.68 Å². The molecule has 0 amide bonds. The van der Waals surface area contributed by atoms with Gasteiger partial charge < -0.3 is 5.32 Å². The highest BCUT2D eigenvalue weighted by Crippen LogP contribution is 2.28. The highest BCUT2D eigenvalue weighted by molar-refractivity contribution is 9.10. The van der Waals surface area contributed by atoms with E-state index in [0.29, 0.717) is 0 Å². The summed E-state index contributed by atoms with van der Waals surface area (Å²) in [6.45, 7) is 6.96. The maximum absolute atomic E-state index is 4.31. The van der Waals surface area contributed by atoms with E-state index in [1.807, 2.05) is 14.0 Å². The van der Waals surface area contributed by atoms with Crippen molar-refractivity contribution in [1.29, 1.82) is 0 Å². The zero-order valence-corrected chi connectivity index (χ0v) is 13.8. The molecule has 2 rings (SSSR count). The second-order valence-corrected chi connectivity index (χ2v) is 5.37. The summed E-state index contributed by atoms with van der Waals surface area (Å²) < 4.78 is 2.54. The Kier molecular flexibility index (Phi) is 4.82. The highest BCUT2D eigenvalue weighted by atomic mass is 79.9. The van der Waals surface area contributed by atoms with Crippen LogP contribution in [0.15, 0.2) is 10.7 Å². The van der Waals surface area contributed by atoms with E-state index in [4.69, 9.17) is 0 Å². The average Bonchev–Trinajstić information content (AvgIpc) is 2.76. The summed E-state index contributed by atoms with van der Waals surface area (Å²) >= 11 is 3.48. The van der Waals surface area contributed by atoms with Crippen LogP contribution in [0, 0.1) is 6.92 Å². The first-order valence-corrected chi connectivity index (χ1v) is 7.49. The molecule has 7 heteroatoms. The van der Waals surface area contributed by atoms with Gasteiger partial charge in [0.25, 0.3) is 0 Å². The van der Waals surface area contributed by atoms with Gasteiger partial charge in [-0.15, -0.1) is 5.10 Å². The van der Waals surface area contributed by atoms with E-state index in [-0.39, 0.29) is 6.04 Å². The number of nitrogens with zero attached hydrogens (tertiary/aromatic N) is 5. The average molecular weight is 339 g/mol. The minimum Gasteiger partial charge on any atom is -0.305 e. The quantitative estimate of drug-likeness (QED) is 0.902. The lowest BCUT2D eigenvalue weighted by atomic mass is 10.0. The van der Waals surface area contributed by atoms with Crippen molar-refractivity contribution >= 4 is 15.9 Å². The highest BCUT2D eigenvalue weighted by Gasteiger charge is 2.24. The molecule has 108 valence electrons. The first-order chi connectivity index (χ1) is 9.58. The van der Waals surface area contributed by atoms with E-state index in [0.717, 1.165) is 40.2 Å². The lowest BCUT2D eigenvalue weighted by Crippen LogP contribution is -2.26. The molecule has 0 saturated carbocycles. The van der Waals surface area contributed by atoms with Crippen molar-refractivity contribution in [3.63, 3.8) is 0 Å². The van der Waals surface area contributed by atoms with Crippen molar-refractivity contribution in [1.82, 2.24) is 30.5 Å². The summed E-state index contributed by atoms with van der Waals surface area (Å²) in [6, 6.07) is 2.08. The molecule has 0 radical (unpaired) electrons. The Bertz CT molecular complexity index is 575. The Morgan fingerprint density at radius 1 is 1.30 bits per heavy atom. The van der Waals surface area contributed by atoms with Crippen LogP contribution in [0.3, 0.4) is 0 Å². The molecule has 0 aliphatic heterocycles. The van der Waals surface area contributed by atoms with Crippen molar-refractivity contribution in [3.05, 3.63) is 33.3 Å². The zero-order valence-electron chi connectivity index (χ0n) is 12.2. The summed E-state index contributed by atoms with van der Waals surface area (Å²) in [5.41, 5.74) is 4.03. The van der Waals surface area contributed by atoms with Gasteiger partial charge in [0.1, 0.15) is 0 Å². The van der Waals surface area contributed by atoms with Gasteiger partial charge in [-0.3, -0.25) is 0 Å². The number of hydrogen-bond acceptors (Lipinski definition) is 5. The van der Waals surface area contributed by atoms with E-state index in [1.165, 1.54) is 0 Å². The third-order valence-electron chi connectivity index (χ3n) is 3.18. The van der Waals surface area contributed by atoms with Gasteiger partial charge in [0, 0.05) is 12.6 Å². The SMILES string of the molecule is CCNC(c1cc(C)nnc1CC)c1c(Br)nnn1C. The van der Waals surface area contributed by atoms with Crippen LogP contribution in [0.25, 0.3) is 0 Å². The van der Waals surface area contributed by atoms with Crippen molar-refractivity contribution in [2.75, 3.05) is 6.54 Å². The standard InChI is InChI=1S/C13H19BrN6/c1-5-10-9(7-8(3)16-17-10)11(15-6-2)12-13(14)18-19-20(12)4/h7,11,15H,5-6H2,1-4H3. The van der Waals surface area contributed by atoms with Crippen LogP contribution in [-0.4, -0.2) is 31.7 Å². The van der Waals surface area contributed by atoms with Gasteiger partial charge in [0.2, 0.25) is 0 Å². The van der Waals surface area contributed by atoms with Crippen LogP contribution in [0.4, 0.5) is 0 Å². The van der Waals surface area contributed by atoms with Gasteiger partial charge in [-0.05, 0) is 41.9 Å². The van der Waals surface area contributed by atoms with Crippen molar-refractivity contribution in [2.24, 2.45) is 7.05 Å². The predicted octanol–water partition coefficient (Wildman–Crippen LogP) is 1.94. The molecule has 0 spiro atoms. The molecule has 1 N–H and O–H groups in total. The van der Waals surface area contributed by atoms with E-state index in [2.05, 4.69) is 61.7 Å². The lowest BCUT2D eigenvalue weighted by Gasteiger charge is -2.20. The van der Waals surface area contributed by atoms with Crippen molar-refractivity contribution < 1.29 is 0 Å². The molecule has 1 unspecified atom stereocenters. The topological polar surface area (TPSA) is 68.5 Å². The Labute approximate surface area is 127 Å².